The summed E-state index contributed by atoms with van der Waals surface area (Å²) in [5.41, 5.74) is 1.77. The van der Waals surface area contributed by atoms with Crippen LogP contribution in [0.25, 0.3) is 0 Å². The van der Waals surface area contributed by atoms with Crippen molar-refractivity contribution in [3.63, 3.8) is 0 Å². The number of hydrogen-bond acceptors (Lipinski definition) is 4. The van der Waals surface area contributed by atoms with E-state index in [-0.39, 0.29) is 23.4 Å². The summed E-state index contributed by atoms with van der Waals surface area (Å²) in [7, 11) is -4.19. The lowest BCUT2D eigenvalue weighted by molar-refractivity contribution is -0.140. The minimum absolute atomic E-state index is 0.0163. The topological polar surface area (TPSA) is 86.8 Å². The van der Waals surface area contributed by atoms with Gasteiger partial charge in [0.1, 0.15) is 12.6 Å². The van der Waals surface area contributed by atoms with Crippen molar-refractivity contribution in [1.29, 1.82) is 0 Å². The molecule has 0 spiro atoms. The second-order valence-electron chi connectivity index (χ2n) is 9.66. The highest BCUT2D eigenvalue weighted by atomic mass is 35.5. The summed E-state index contributed by atoms with van der Waals surface area (Å²) >= 11 is 18.3. The van der Waals surface area contributed by atoms with E-state index >= 15 is 0 Å². The Morgan fingerprint density at radius 2 is 1.60 bits per heavy atom. The Hall–Kier alpha value is -2.78. The molecule has 3 aromatic carbocycles. The first-order valence-corrected chi connectivity index (χ1v) is 15.3. The molecule has 1 N–H and O–H groups in total. The van der Waals surface area contributed by atoms with Crippen LogP contribution in [0.1, 0.15) is 38.3 Å². The zero-order chi connectivity index (χ0) is 29.6. The Morgan fingerprint density at radius 3 is 2.17 bits per heavy atom. The number of carbonyl (C=O) groups is 2. The van der Waals surface area contributed by atoms with Crippen LogP contribution in [-0.4, -0.2) is 43.8 Å². The number of sulfonamides is 1. The lowest BCUT2D eigenvalue weighted by Gasteiger charge is -2.33. The lowest BCUT2D eigenvalue weighted by atomic mass is 10.1. The molecule has 0 fully saturated rings. The summed E-state index contributed by atoms with van der Waals surface area (Å²) in [4.78, 5) is 28.6. The van der Waals surface area contributed by atoms with Gasteiger partial charge in [0.2, 0.25) is 11.8 Å². The molecule has 1 atom stereocenters. The zero-order valence-electron chi connectivity index (χ0n) is 22.7. The third kappa shape index (κ3) is 7.91. The van der Waals surface area contributed by atoms with Crippen LogP contribution in [0.5, 0.6) is 0 Å². The average molecular weight is 625 g/mol. The van der Waals surface area contributed by atoms with E-state index in [9.17, 15) is 18.0 Å². The maximum absolute atomic E-state index is 14.1. The smallest absolute Gasteiger partial charge is 0.264 e. The molecule has 0 unspecified atom stereocenters. The summed E-state index contributed by atoms with van der Waals surface area (Å²) in [6.07, 6.45) is 0.306. The number of rotatable bonds is 11. The van der Waals surface area contributed by atoms with E-state index in [2.05, 4.69) is 5.32 Å². The standard InChI is InChI=1S/C29H32Cl3N3O4S/c1-5-27(29(37)33-19(2)3)34(17-21-9-14-25(31)26(32)16-21)28(36)18-35(23-8-6-7-20(4)15-23)40(38,39)24-12-10-22(30)11-13-24/h6-16,19,27H,5,17-18H2,1-4H3,(H,33,37)/t27-/m0/s1. The van der Waals surface area contributed by atoms with Crippen LogP contribution in [0.15, 0.2) is 71.6 Å². The summed E-state index contributed by atoms with van der Waals surface area (Å²) in [5, 5.41) is 3.90. The molecule has 0 heterocycles. The summed E-state index contributed by atoms with van der Waals surface area (Å²) < 4.78 is 28.8. The van der Waals surface area contributed by atoms with Crippen molar-refractivity contribution in [2.45, 2.75) is 57.6 Å². The Bertz CT molecular complexity index is 1460. The SMILES string of the molecule is CC[C@@H](C(=O)NC(C)C)N(Cc1ccc(Cl)c(Cl)c1)C(=O)CN(c1cccc(C)c1)S(=O)(=O)c1ccc(Cl)cc1. The summed E-state index contributed by atoms with van der Waals surface area (Å²) in [5.74, 6) is -0.899. The Kier molecular flexibility index (Phi) is 10.9. The number of benzene rings is 3. The van der Waals surface area contributed by atoms with Gasteiger partial charge < -0.3 is 10.2 Å². The molecule has 3 aromatic rings. The minimum Gasteiger partial charge on any atom is -0.352 e. The number of halogens is 3. The van der Waals surface area contributed by atoms with Crippen molar-refractivity contribution in [3.05, 3.63) is 92.9 Å². The van der Waals surface area contributed by atoms with E-state index in [0.29, 0.717) is 32.7 Å². The fourth-order valence-corrected chi connectivity index (χ4v) is 6.03. The van der Waals surface area contributed by atoms with Gasteiger partial charge in [-0.1, -0.05) is 59.9 Å². The molecule has 0 saturated carbocycles. The van der Waals surface area contributed by atoms with Gasteiger partial charge in [-0.15, -0.1) is 0 Å². The molecule has 0 aliphatic heterocycles. The molecular formula is C29H32Cl3N3O4S. The average Bonchev–Trinajstić information content (AvgIpc) is 2.88. The molecule has 0 aliphatic carbocycles. The molecule has 0 radical (unpaired) electrons. The maximum atomic E-state index is 14.1. The number of nitrogens with one attached hydrogen (secondary N) is 1. The number of carbonyl (C=O) groups excluding carboxylic acids is 2. The third-order valence-electron chi connectivity index (χ3n) is 6.12. The predicted octanol–water partition coefficient (Wildman–Crippen LogP) is 6.48. The lowest BCUT2D eigenvalue weighted by Crippen LogP contribution is -2.53. The third-order valence-corrected chi connectivity index (χ3v) is 8.90. The molecule has 3 rings (SSSR count). The summed E-state index contributed by atoms with van der Waals surface area (Å²) in [6, 6.07) is 16.5. The van der Waals surface area contributed by atoms with Crippen LogP contribution in [0, 0.1) is 6.92 Å². The number of aryl methyl sites for hydroxylation is 1. The van der Waals surface area contributed by atoms with E-state index in [1.165, 1.54) is 29.2 Å². The fraction of sp³-hybridized carbons (Fsp3) is 0.310. The largest absolute Gasteiger partial charge is 0.352 e. The number of anilines is 1. The van der Waals surface area contributed by atoms with Gasteiger partial charge in [-0.3, -0.25) is 13.9 Å². The van der Waals surface area contributed by atoms with Crippen LogP contribution < -0.4 is 9.62 Å². The van der Waals surface area contributed by atoms with Crippen molar-refractivity contribution in [1.82, 2.24) is 10.2 Å². The van der Waals surface area contributed by atoms with Crippen LogP contribution in [0.4, 0.5) is 5.69 Å². The predicted molar refractivity (Wildman–Crippen MR) is 162 cm³/mol. The van der Waals surface area contributed by atoms with Gasteiger partial charge in [0, 0.05) is 17.6 Å². The number of hydrogen-bond donors (Lipinski definition) is 1. The Balaban J connectivity index is 2.08. The van der Waals surface area contributed by atoms with E-state index < -0.39 is 28.5 Å². The molecule has 0 saturated heterocycles. The first-order valence-electron chi connectivity index (χ1n) is 12.7. The number of amides is 2. The monoisotopic (exact) mass is 623 g/mol. The quantitative estimate of drug-likeness (QED) is 0.265. The van der Waals surface area contributed by atoms with Gasteiger partial charge in [0.15, 0.2) is 0 Å². The molecular weight excluding hydrogens is 593 g/mol. The Morgan fingerprint density at radius 1 is 0.925 bits per heavy atom. The molecule has 0 bridgehead atoms. The highest BCUT2D eigenvalue weighted by Crippen LogP contribution is 2.27. The molecule has 0 aromatic heterocycles. The van der Waals surface area contributed by atoms with Crippen LogP contribution in [0.2, 0.25) is 15.1 Å². The van der Waals surface area contributed by atoms with Gasteiger partial charge in [0.25, 0.3) is 10.0 Å². The van der Waals surface area contributed by atoms with Crippen LogP contribution >= 0.6 is 34.8 Å². The highest BCUT2D eigenvalue weighted by Gasteiger charge is 2.34. The molecule has 0 aliphatic rings. The second-order valence-corrected chi connectivity index (χ2v) is 12.8. The minimum atomic E-state index is -4.19. The van der Waals surface area contributed by atoms with Gasteiger partial charge in [0.05, 0.1) is 20.6 Å². The normalized spacial score (nSPS) is 12.2. The molecule has 2 amide bonds. The van der Waals surface area contributed by atoms with Crippen LogP contribution in [0.3, 0.4) is 0 Å². The van der Waals surface area contributed by atoms with E-state index in [1.807, 2.05) is 26.8 Å². The van der Waals surface area contributed by atoms with Gasteiger partial charge in [-0.05, 0) is 86.8 Å². The second kappa shape index (κ2) is 13.7. The first kappa shape index (κ1) is 31.7. The van der Waals surface area contributed by atoms with E-state index in [4.69, 9.17) is 34.8 Å². The van der Waals surface area contributed by atoms with Crippen molar-refractivity contribution in [2.24, 2.45) is 0 Å². The van der Waals surface area contributed by atoms with Gasteiger partial charge >= 0.3 is 0 Å². The highest BCUT2D eigenvalue weighted by molar-refractivity contribution is 7.92. The molecule has 11 heteroatoms. The van der Waals surface area contributed by atoms with E-state index in [1.54, 1.807) is 43.3 Å². The van der Waals surface area contributed by atoms with Gasteiger partial charge in [-0.25, -0.2) is 8.42 Å². The zero-order valence-corrected chi connectivity index (χ0v) is 25.8. The molecule has 214 valence electrons. The maximum Gasteiger partial charge on any atom is 0.264 e. The number of nitrogens with zero attached hydrogens (tertiary/aromatic N) is 2. The van der Waals surface area contributed by atoms with Crippen molar-refractivity contribution >= 4 is 62.3 Å². The Labute approximate surface area is 251 Å². The molecule has 40 heavy (non-hydrogen) atoms. The van der Waals surface area contributed by atoms with E-state index in [0.717, 1.165) is 9.87 Å². The first-order chi connectivity index (χ1) is 18.8. The summed E-state index contributed by atoms with van der Waals surface area (Å²) in [6.45, 7) is 6.76. The van der Waals surface area contributed by atoms with Crippen LogP contribution in [-0.2, 0) is 26.2 Å². The fourth-order valence-electron chi connectivity index (χ4n) is 4.18. The van der Waals surface area contributed by atoms with Crippen molar-refractivity contribution in [3.8, 4) is 0 Å². The van der Waals surface area contributed by atoms with Gasteiger partial charge in [-0.2, -0.15) is 0 Å². The van der Waals surface area contributed by atoms with Crippen molar-refractivity contribution < 1.29 is 18.0 Å². The van der Waals surface area contributed by atoms with Crippen molar-refractivity contribution in [2.75, 3.05) is 10.8 Å². The molecule has 7 nitrogen and oxygen atoms in total.